The predicted molar refractivity (Wildman–Crippen MR) is 90.1 cm³/mol. The van der Waals surface area contributed by atoms with Crippen LogP contribution in [0.3, 0.4) is 0 Å². The summed E-state index contributed by atoms with van der Waals surface area (Å²) < 4.78 is 0. The van der Waals surface area contributed by atoms with Crippen molar-refractivity contribution in [2.75, 3.05) is 13.1 Å². The number of aliphatic hydroxyl groups is 1. The van der Waals surface area contributed by atoms with E-state index >= 15 is 0 Å². The highest BCUT2D eigenvalue weighted by Gasteiger charge is 2.58. The topological polar surface area (TPSA) is 43.8 Å². The number of nitrogens with zero attached hydrogens (tertiary/aromatic N) is 2. The van der Waals surface area contributed by atoms with E-state index in [1.807, 2.05) is 0 Å². The Balaban J connectivity index is 1.54. The fraction of sp³-hybridized carbons (Fsp3) is 0.947. The van der Waals surface area contributed by atoms with Gasteiger partial charge in [0.05, 0.1) is 6.10 Å². The molecule has 2 aliphatic carbocycles. The molecule has 1 spiro atoms. The molecule has 130 valence electrons. The molecule has 4 rings (SSSR count). The van der Waals surface area contributed by atoms with Crippen molar-refractivity contribution in [3.8, 4) is 0 Å². The summed E-state index contributed by atoms with van der Waals surface area (Å²) in [5, 5.41) is 10.3. The Labute approximate surface area is 140 Å². The van der Waals surface area contributed by atoms with Crippen molar-refractivity contribution in [3.05, 3.63) is 0 Å². The molecule has 0 aromatic carbocycles. The molecule has 2 saturated heterocycles. The largest absolute Gasteiger partial charge is 0.392 e. The van der Waals surface area contributed by atoms with Crippen molar-refractivity contribution >= 4 is 5.91 Å². The number of carbonyl (C=O) groups is 1. The molecule has 4 fully saturated rings. The first-order valence-electron chi connectivity index (χ1n) is 9.88. The lowest BCUT2D eigenvalue weighted by atomic mass is 9.78. The van der Waals surface area contributed by atoms with Gasteiger partial charge in [0.1, 0.15) is 5.54 Å². The standard InChI is InChI=1S/C19H32N2O2/c1-14(15-6-5-7-15)21-13-17(22)12-19(21)10-11-20(18(19)23)16-8-3-2-4-9-16/h14-17,22H,2-13H2,1H3/t14?,17-,19?/m1/s1. The summed E-state index contributed by atoms with van der Waals surface area (Å²) in [4.78, 5) is 18.0. The van der Waals surface area contributed by atoms with Gasteiger partial charge >= 0.3 is 0 Å². The Hall–Kier alpha value is -0.610. The van der Waals surface area contributed by atoms with E-state index in [9.17, 15) is 9.90 Å². The van der Waals surface area contributed by atoms with Gasteiger partial charge in [-0.1, -0.05) is 25.7 Å². The normalized spacial score (nSPS) is 38.4. The molecule has 0 aromatic heterocycles. The highest BCUT2D eigenvalue weighted by Crippen LogP contribution is 2.45. The van der Waals surface area contributed by atoms with Crippen molar-refractivity contribution in [1.29, 1.82) is 0 Å². The van der Waals surface area contributed by atoms with E-state index in [2.05, 4.69) is 16.7 Å². The third kappa shape index (κ3) is 2.53. The zero-order chi connectivity index (χ0) is 16.0. The first-order valence-corrected chi connectivity index (χ1v) is 9.88. The number of β-amino-alcohol motifs (C(OH)–C–C–N with tert-alkyl or cyclic N) is 1. The molecule has 0 aromatic rings. The summed E-state index contributed by atoms with van der Waals surface area (Å²) in [6.07, 6.45) is 11.4. The van der Waals surface area contributed by atoms with Gasteiger partial charge in [-0.2, -0.15) is 0 Å². The second kappa shape index (κ2) is 6.03. The molecule has 0 bridgehead atoms. The maximum absolute atomic E-state index is 13.4. The highest BCUT2D eigenvalue weighted by molar-refractivity contribution is 5.89. The van der Waals surface area contributed by atoms with Crippen LogP contribution in [0.25, 0.3) is 0 Å². The SMILES string of the molecule is CC(C1CCC1)N1C[C@H](O)CC12CCN(C1CCCCC1)C2=O. The summed E-state index contributed by atoms with van der Waals surface area (Å²) in [5.41, 5.74) is -0.383. The van der Waals surface area contributed by atoms with Gasteiger partial charge in [-0.3, -0.25) is 9.69 Å². The smallest absolute Gasteiger partial charge is 0.243 e. The summed E-state index contributed by atoms with van der Waals surface area (Å²) >= 11 is 0. The van der Waals surface area contributed by atoms with Crippen LogP contribution < -0.4 is 0 Å². The van der Waals surface area contributed by atoms with Gasteiger partial charge in [0, 0.05) is 31.6 Å². The lowest BCUT2D eigenvalue weighted by Crippen LogP contribution is -2.57. The first kappa shape index (κ1) is 15.9. The van der Waals surface area contributed by atoms with E-state index in [0.29, 0.717) is 31.0 Å². The molecule has 1 N–H and O–H groups in total. The highest BCUT2D eigenvalue weighted by atomic mass is 16.3. The van der Waals surface area contributed by atoms with Crippen LogP contribution in [-0.4, -0.2) is 57.6 Å². The Morgan fingerprint density at radius 1 is 1.13 bits per heavy atom. The number of amides is 1. The van der Waals surface area contributed by atoms with E-state index in [-0.39, 0.29) is 11.6 Å². The molecule has 3 atom stereocenters. The maximum atomic E-state index is 13.4. The summed E-state index contributed by atoms with van der Waals surface area (Å²) in [5.74, 6) is 1.07. The van der Waals surface area contributed by atoms with Gasteiger partial charge in [-0.25, -0.2) is 0 Å². The van der Waals surface area contributed by atoms with Crippen LogP contribution in [0.2, 0.25) is 0 Å². The van der Waals surface area contributed by atoms with Gasteiger partial charge in [0.15, 0.2) is 0 Å². The molecular weight excluding hydrogens is 288 g/mol. The van der Waals surface area contributed by atoms with Gasteiger partial charge in [-0.05, 0) is 44.9 Å². The Kier molecular flexibility index (Phi) is 4.17. The predicted octanol–water partition coefficient (Wildman–Crippen LogP) is 2.55. The number of aliphatic hydroxyl groups excluding tert-OH is 1. The van der Waals surface area contributed by atoms with Crippen molar-refractivity contribution < 1.29 is 9.90 Å². The summed E-state index contributed by atoms with van der Waals surface area (Å²) in [6.45, 7) is 3.90. The molecule has 4 nitrogen and oxygen atoms in total. The average Bonchev–Trinajstić information content (AvgIpc) is 3.00. The van der Waals surface area contributed by atoms with Gasteiger partial charge in [-0.15, -0.1) is 0 Å². The molecule has 1 amide bonds. The van der Waals surface area contributed by atoms with E-state index < -0.39 is 0 Å². The van der Waals surface area contributed by atoms with E-state index in [4.69, 9.17) is 0 Å². The van der Waals surface area contributed by atoms with Crippen LogP contribution in [0.1, 0.15) is 71.1 Å². The number of hydrogen-bond donors (Lipinski definition) is 1. The van der Waals surface area contributed by atoms with Gasteiger partial charge in [0.25, 0.3) is 0 Å². The second-order valence-corrected chi connectivity index (χ2v) is 8.51. The van der Waals surface area contributed by atoms with Crippen LogP contribution in [-0.2, 0) is 4.79 Å². The molecule has 4 aliphatic rings. The maximum Gasteiger partial charge on any atom is 0.243 e. The minimum Gasteiger partial charge on any atom is -0.392 e. The zero-order valence-electron chi connectivity index (χ0n) is 14.5. The first-order chi connectivity index (χ1) is 11.1. The van der Waals surface area contributed by atoms with Crippen molar-refractivity contribution in [1.82, 2.24) is 9.80 Å². The third-order valence-corrected chi connectivity index (χ3v) is 7.29. The van der Waals surface area contributed by atoms with Crippen LogP contribution in [0.4, 0.5) is 0 Å². The van der Waals surface area contributed by atoms with Crippen molar-refractivity contribution in [2.45, 2.75) is 94.9 Å². The second-order valence-electron chi connectivity index (χ2n) is 8.51. The number of hydrogen-bond acceptors (Lipinski definition) is 3. The molecule has 2 saturated carbocycles. The fourth-order valence-electron chi connectivity index (χ4n) is 5.68. The molecule has 0 radical (unpaired) electrons. The van der Waals surface area contributed by atoms with E-state index in [1.54, 1.807) is 0 Å². The third-order valence-electron chi connectivity index (χ3n) is 7.29. The lowest BCUT2D eigenvalue weighted by Gasteiger charge is -2.44. The molecular formula is C19H32N2O2. The Bertz CT molecular complexity index is 458. The monoisotopic (exact) mass is 320 g/mol. The number of likely N-dealkylation sites (tertiary alicyclic amines) is 2. The fourth-order valence-corrected chi connectivity index (χ4v) is 5.68. The Morgan fingerprint density at radius 3 is 2.52 bits per heavy atom. The van der Waals surface area contributed by atoms with Crippen LogP contribution in [0.15, 0.2) is 0 Å². The average molecular weight is 320 g/mol. The van der Waals surface area contributed by atoms with Crippen molar-refractivity contribution in [3.63, 3.8) is 0 Å². The molecule has 4 heteroatoms. The quantitative estimate of drug-likeness (QED) is 0.869. The van der Waals surface area contributed by atoms with Crippen LogP contribution >= 0.6 is 0 Å². The number of rotatable bonds is 3. The van der Waals surface area contributed by atoms with E-state index in [0.717, 1.165) is 18.9 Å². The molecule has 23 heavy (non-hydrogen) atoms. The molecule has 2 heterocycles. The van der Waals surface area contributed by atoms with E-state index in [1.165, 1.54) is 51.4 Å². The Morgan fingerprint density at radius 2 is 1.87 bits per heavy atom. The summed E-state index contributed by atoms with van der Waals surface area (Å²) in [6, 6.07) is 0.908. The summed E-state index contributed by atoms with van der Waals surface area (Å²) in [7, 11) is 0. The zero-order valence-corrected chi connectivity index (χ0v) is 14.5. The number of carbonyl (C=O) groups excluding carboxylic acids is 1. The van der Waals surface area contributed by atoms with Crippen molar-refractivity contribution in [2.24, 2.45) is 5.92 Å². The van der Waals surface area contributed by atoms with Crippen LogP contribution in [0, 0.1) is 5.92 Å². The molecule has 2 unspecified atom stereocenters. The van der Waals surface area contributed by atoms with Crippen LogP contribution in [0.5, 0.6) is 0 Å². The minimum atomic E-state index is -0.383. The van der Waals surface area contributed by atoms with Gasteiger partial charge < -0.3 is 10.0 Å². The lowest BCUT2D eigenvalue weighted by molar-refractivity contribution is -0.141. The molecule has 2 aliphatic heterocycles. The van der Waals surface area contributed by atoms with Gasteiger partial charge in [0.2, 0.25) is 5.91 Å². The minimum absolute atomic E-state index is 0.326.